The molecule has 1 atom stereocenters. The molecule has 1 spiro atoms. The van der Waals surface area contributed by atoms with Crippen LogP contribution in [0, 0.1) is 0 Å². The normalized spacial score (nSPS) is 25.8. The van der Waals surface area contributed by atoms with Crippen molar-refractivity contribution in [3.8, 4) is 0 Å². The highest BCUT2D eigenvalue weighted by Gasteiger charge is 2.39. The molecule has 3 rings (SSSR count). The molecule has 1 aromatic carbocycles. The summed E-state index contributed by atoms with van der Waals surface area (Å²) in [6, 6.07) is 8.65. The van der Waals surface area contributed by atoms with Crippen LogP contribution >= 0.6 is 11.8 Å². The number of hydrogen-bond donors (Lipinski definition) is 1. The monoisotopic (exact) mass is 293 g/mol. The summed E-state index contributed by atoms with van der Waals surface area (Å²) in [6.45, 7) is 3.20. The number of ether oxygens (including phenoxy) is 2. The van der Waals surface area contributed by atoms with Crippen molar-refractivity contribution in [2.24, 2.45) is 5.73 Å². The number of hydrogen-bond acceptors (Lipinski definition) is 4. The molecule has 2 aliphatic rings. The van der Waals surface area contributed by atoms with E-state index in [1.807, 2.05) is 11.8 Å². The van der Waals surface area contributed by atoms with Gasteiger partial charge in [-0.05, 0) is 43.4 Å². The molecule has 2 N–H and O–H groups in total. The van der Waals surface area contributed by atoms with Gasteiger partial charge < -0.3 is 15.2 Å². The van der Waals surface area contributed by atoms with Crippen molar-refractivity contribution in [1.82, 2.24) is 0 Å². The Kier molecular flexibility index (Phi) is 4.66. The average molecular weight is 293 g/mol. The molecule has 4 heteroatoms. The zero-order chi connectivity index (χ0) is 13.8. The number of benzene rings is 1. The summed E-state index contributed by atoms with van der Waals surface area (Å²) in [5.41, 5.74) is 6.93. The predicted molar refractivity (Wildman–Crippen MR) is 81.9 cm³/mol. The van der Waals surface area contributed by atoms with E-state index in [2.05, 4.69) is 24.3 Å². The quantitative estimate of drug-likeness (QED) is 0.930. The number of nitrogens with two attached hydrogens (primary N) is 1. The van der Waals surface area contributed by atoms with Crippen LogP contribution in [0.3, 0.4) is 0 Å². The predicted octanol–water partition coefficient (Wildman–Crippen LogP) is 2.97. The van der Waals surface area contributed by atoms with Gasteiger partial charge in [-0.25, -0.2) is 0 Å². The zero-order valence-electron chi connectivity index (χ0n) is 11.8. The van der Waals surface area contributed by atoms with E-state index in [0.29, 0.717) is 11.8 Å². The molecule has 2 saturated heterocycles. The second-order valence-corrected chi connectivity index (χ2v) is 7.10. The smallest absolute Gasteiger partial charge is 0.0737 e. The fourth-order valence-corrected chi connectivity index (χ4v) is 4.35. The summed E-state index contributed by atoms with van der Waals surface area (Å²) >= 11 is 1.99. The van der Waals surface area contributed by atoms with Gasteiger partial charge in [0.25, 0.3) is 0 Å². The van der Waals surface area contributed by atoms with E-state index in [-0.39, 0.29) is 5.60 Å². The van der Waals surface area contributed by atoms with Crippen molar-refractivity contribution in [3.05, 3.63) is 29.8 Å². The van der Waals surface area contributed by atoms with Gasteiger partial charge in [-0.1, -0.05) is 12.1 Å². The molecule has 0 aliphatic carbocycles. The minimum Gasteiger partial charge on any atom is -0.381 e. The van der Waals surface area contributed by atoms with E-state index in [1.54, 1.807) is 0 Å². The van der Waals surface area contributed by atoms with Gasteiger partial charge in [0.1, 0.15) is 0 Å². The van der Waals surface area contributed by atoms with Crippen LogP contribution in [0.15, 0.2) is 29.2 Å². The van der Waals surface area contributed by atoms with Crippen molar-refractivity contribution in [2.45, 2.75) is 48.0 Å². The van der Waals surface area contributed by atoms with E-state index in [0.717, 1.165) is 45.5 Å². The third-order valence-electron chi connectivity index (χ3n) is 4.31. The first kappa shape index (κ1) is 14.4. The minimum absolute atomic E-state index is 0.0887. The second kappa shape index (κ2) is 6.48. The topological polar surface area (TPSA) is 44.5 Å². The lowest BCUT2D eigenvalue weighted by atomic mass is 9.86. The van der Waals surface area contributed by atoms with Crippen molar-refractivity contribution in [1.29, 1.82) is 0 Å². The Morgan fingerprint density at radius 1 is 1.15 bits per heavy atom. The van der Waals surface area contributed by atoms with Gasteiger partial charge >= 0.3 is 0 Å². The third kappa shape index (κ3) is 3.37. The van der Waals surface area contributed by atoms with Crippen LogP contribution in [-0.4, -0.2) is 30.7 Å². The first-order valence-electron chi connectivity index (χ1n) is 7.47. The first-order valence-corrected chi connectivity index (χ1v) is 8.35. The maximum atomic E-state index is 6.10. The molecule has 0 amide bonds. The fourth-order valence-electron chi connectivity index (χ4n) is 3.07. The third-order valence-corrected chi connectivity index (χ3v) is 5.59. The van der Waals surface area contributed by atoms with Crippen LogP contribution in [0.5, 0.6) is 0 Å². The Bertz CT molecular complexity index is 423. The minimum atomic E-state index is 0.0887. The maximum absolute atomic E-state index is 6.10. The molecule has 2 aliphatic heterocycles. The number of thioether (sulfide) groups is 1. The van der Waals surface area contributed by atoms with Gasteiger partial charge in [0.05, 0.1) is 5.60 Å². The molecule has 1 aromatic rings. The van der Waals surface area contributed by atoms with E-state index < -0.39 is 0 Å². The fraction of sp³-hybridized carbons (Fsp3) is 0.625. The maximum Gasteiger partial charge on any atom is 0.0737 e. The first-order chi connectivity index (χ1) is 9.80. The van der Waals surface area contributed by atoms with Crippen LogP contribution in [-0.2, 0) is 16.0 Å². The summed E-state index contributed by atoms with van der Waals surface area (Å²) in [5.74, 6) is 0. The van der Waals surface area contributed by atoms with Crippen molar-refractivity contribution >= 4 is 11.8 Å². The van der Waals surface area contributed by atoms with E-state index >= 15 is 0 Å². The van der Waals surface area contributed by atoms with Gasteiger partial charge in [0.2, 0.25) is 0 Å². The van der Waals surface area contributed by atoms with Crippen molar-refractivity contribution in [2.75, 3.05) is 19.8 Å². The lowest BCUT2D eigenvalue weighted by molar-refractivity contribution is -0.131. The van der Waals surface area contributed by atoms with Crippen LogP contribution < -0.4 is 5.73 Å². The molecular formula is C16H23NO2S. The molecule has 0 radical (unpaired) electrons. The summed E-state index contributed by atoms with van der Waals surface area (Å²) in [5, 5.41) is 0.658. The van der Waals surface area contributed by atoms with Crippen LogP contribution in [0.25, 0.3) is 0 Å². The Morgan fingerprint density at radius 2 is 1.90 bits per heavy atom. The Morgan fingerprint density at radius 3 is 2.60 bits per heavy atom. The SMILES string of the molecule is NCc1ccc(SC2CCOC3(CCOCC3)C2)cc1. The summed E-state index contributed by atoms with van der Waals surface area (Å²) in [4.78, 5) is 1.34. The molecule has 2 fully saturated rings. The van der Waals surface area contributed by atoms with Gasteiger partial charge in [0, 0.05) is 36.5 Å². The van der Waals surface area contributed by atoms with Gasteiger partial charge in [-0.3, -0.25) is 0 Å². The Labute approximate surface area is 125 Å². The van der Waals surface area contributed by atoms with Gasteiger partial charge in [-0.15, -0.1) is 11.8 Å². The van der Waals surface area contributed by atoms with Crippen LogP contribution in [0.1, 0.15) is 31.2 Å². The molecular weight excluding hydrogens is 270 g/mol. The standard InChI is InChI=1S/C16H23NO2S/c17-12-13-1-3-14(4-2-13)20-15-5-8-19-16(11-15)6-9-18-10-7-16/h1-4,15H,5-12,17H2. The molecule has 3 nitrogen and oxygen atoms in total. The highest BCUT2D eigenvalue weighted by atomic mass is 32.2. The molecule has 20 heavy (non-hydrogen) atoms. The average Bonchev–Trinajstić information content (AvgIpc) is 2.49. The highest BCUT2D eigenvalue weighted by molar-refractivity contribution is 8.00. The van der Waals surface area contributed by atoms with E-state index in [4.69, 9.17) is 15.2 Å². The Balaban J connectivity index is 1.61. The van der Waals surface area contributed by atoms with E-state index in [1.165, 1.54) is 10.5 Å². The summed E-state index contributed by atoms with van der Waals surface area (Å²) < 4.78 is 11.6. The largest absolute Gasteiger partial charge is 0.381 e. The Hall–Kier alpha value is -0.550. The molecule has 110 valence electrons. The van der Waals surface area contributed by atoms with Crippen LogP contribution in [0.2, 0.25) is 0 Å². The van der Waals surface area contributed by atoms with Crippen molar-refractivity contribution in [3.63, 3.8) is 0 Å². The molecule has 2 heterocycles. The van der Waals surface area contributed by atoms with E-state index in [9.17, 15) is 0 Å². The van der Waals surface area contributed by atoms with Crippen molar-refractivity contribution < 1.29 is 9.47 Å². The van der Waals surface area contributed by atoms with Gasteiger partial charge in [-0.2, -0.15) is 0 Å². The lowest BCUT2D eigenvalue weighted by Gasteiger charge is -2.43. The second-order valence-electron chi connectivity index (χ2n) is 5.72. The highest BCUT2D eigenvalue weighted by Crippen LogP contribution is 2.40. The van der Waals surface area contributed by atoms with Crippen LogP contribution in [0.4, 0.5) is 0 Å². The molecule has 0 saturated carbocycles. The molecule has 1 unspecified atom stereocenters. The summed E-state index contributed by atoms with van der Waals surface area (Å²) in [7, 11) is 0. The lowest BCUT2D eigenvalue weighted by Crippen LogP contribution is -2.45. The zero-order valence-corrected chi connectivity index (χ0v) is 12.7. The van der Waals surface area contributed by atoms with Gasteiger partial charge in [0.15, 0.2) is 0 Å². The molecule has 0 bridgehead atoms. The molecule has 0 aromatic heterocycles. The number of rotatable bonds is 3. The summed E-state index contributed by atoms with van der Waals surface area (Å²) in [6.07, 6.45) is 4.40.